The first-order chi connectivity index (χ1) is 17.0. The normalized spacial score (nSPS) is 16.9. The van der Waals surface area contributed by atoms with E-state index in [1.807, 2.05) is 12.1 Å². The molecule has 1 aliphatic rings. The Kier molecular flexibility index (Phi) is 7.01. The molecule has 6 nitrogen and oxygen atoms in total. The molecule has 0 spiro atoms. The van der Waals surface area contributed by atoms with E-state index in [2.05, 4.69) is 10.3 Å². The molecule has 1 saturated carbocycles. The number of ether oxygens (including phenoxy) is 1. The molecule has 1 fully saturated rings. The van der Waals surface area contributed by atoms with Gasteiger partial charge in [-0.25, -0.2) is 0 Å². The second-order valence-electron chi connectivity index (χ2n) is 8.93. The molecule has 1 heterocycles. The topological polar surface area (TPSA) is 88.5 Å². The summed E-state index contributed by atoms with van der Waals surface area (Å²) in [6.45, 7) is 3.80. The molecular formula is C27H25F3N2O4. The number of halogens is 3. The third-order valence-corrected chi connectivity index (χ3v) is 6.28. The van der Waals surface area contributed by atoms with Crippen LogP contribution in [0.15, 0.2) is 54.9 Å². The molecule has 0 saturated heterocycles. The van der Waals surface area contributed by atoms with Gasteiger partial charge in [-0.05, 0) is 84.8 Å². The van der Waals surface area contributed by atoms with E-state index in [-0.39, 0.29) is 11.5 Å². The zero-order valence-corrected chi connectivity index (χ0v) is 19.7. The molecule has 1 aromatic heterocycles. The van der Waals surface area contributed by atoms with Crippen LogP contribution in [-0.2, 0) is 17.4 Å². The number of nitrogens with zero attached hydrogens (tertiary/aromatic N) is 1. The number of rotatable bonds is 8. The maximum absolute atomic E-state index is 13.6. The number of carboxylic acid groups (broad SMARTS) is 1. The van der Waals surface area contributed by atoms with Gasteiger partial charge >= 0.3 is 12.1 Å². The minimum absolute atomic E-state index is 0.254. The number of nitrogens with one attached hydrogen (secondary N) is 1. The summed E-state index contributed by atoms with van der Waals surface area (Å²) >= 11 is 0. The lowest BCUT2D eigenvalue weighted by molar-refractivity contribution is -0.139. The van der Waals surface area contributed by atoms with Gasteiger partial charge in [-0.1, -0.05) is 6.07 Å². The van der Waals surface area contributed by atoms with Gasteiger partial charge in [-0.3, -0.25) is 14.6 Å². The Balaban J connectivity index is 1.52. The molecule has 4 rings (SSSR count). The van der Waals surface area contributed by atoms with Gasteiger partial charge in [0.2, 0.25) is 0 Å². The van der Waals surface area contributed by atoms with E-state index < -0.39 is 35.2 Å². The molecule has 0 aliphatic heterocycles. The van der Waals surface area contributed by atoms with Crippen molar-refractivity contribution in [3.05, 3.63) is 88.2 Å². The van der Waals surface area contributed by atoms with Crippen molar-refractivity contribution >= 4 is 17.6 Å². The predicted octanol–water partition coefficient (Wildman–Crippen LogP) is 5.78. The highest BCUT2D eigenvalue weighted by Gasteiger charge is 2.45. The van der Waals surface area contributed by atoms with Crippen LogP contribution in [0.3, 0.4) is 0 Å². The van der Waals surface area contributed by atoms with Crippen LogP contribution in [0.2, 0.25) is 0 Å². The van der Waals surface area contributed by atoms with E-state index in [9.17, 15) is 22.8 Å². The molecule has 1 amide bonds. The number of carbonyl (C=O) groups is 2. The second kappa shape index (κ2) is 10.0. The number of aliphatic carboxylic acids is 1. The molecule has 36 heavy (non-hydrogen) atoms. The zero-order chi connectivity index (χ0) is 26.0. The fourth-order valence-electron chi connectivity index (χ4n) is 4.37. The summed E-state index contributed by atoms with van der Waals surface area (Å²) in [6.07, 6.45) is -0.260. The second-order valence-corrected chi connectivity index (χ2v) is 8.93. The van der Waals surface area contributed by atoms with Crippen molar-refractivity contribution in [2.45, 2.75) is 38.8 Å². The number of aromatic nitrogens is 1. The van der Waals surface area contributed by atoms with Gasteiger partial charge in [0.15, 0.2) is 0 Å². The first-order valence-electron chi connectivity index (χ1n) is 11.4. The maximum atomic E-state index is 13.6. The summed E-state index contributed by atoms with van der Waals surface area (Å²) in [5.41, 5.74) is 1.52. The first kappa shape index (κ1) is 25.2. The number of aryl methyl sites for hydroxylation is 2. The van der Waals surface area contributed by atoms with Gasteiger partial charge in [0.1, 0.15) is 5.75 Å². The lowest BCUT2D eigenvalue weighted by Gasteiger charge is -2.17. The number of benzene rings is 2. The third kappa shape index (κ3) is 5.67. The van der Waals surface area contributed by atoms with E-state index in [1.165, 1.54) is 12.1 Å². The maximum Gasteiger partial charge on any atom is 0.418 e. The van der Waals surface area contributed by atoms with Crippen LogP contribution in [-0.4, -0.2) is 28.6 Å². The molecule has 2 N–H and O–H groups in total. The summed E-state index contributed by atoms with van der Waals surface area (Å²) in [7, 11) is 0. The van der Waals surface area contributed by atoms with Crippen LogP contribution in [0.1, 0.15) is 50.5 Å². The Morgan fingerprint density at radius 3 is 2.33 bits per heavy atom. The number of amides is 1. The van der Waals surface area contributed by atoms with Crippen LogP contribution >= 0.6 is 0 Å². The number of anilines is 1. The summed E-state index contributed by atoms with van der Waals surface area (Å²) in [5, 5.41) is 11.6. The largest absolute Gasteiger partial charge is 0.493 e. The average molecular weight is 499 g/mol. The van der Waals surface area contributed by atoms with Gasteiger partial charge in [-0.15, -0.1) is 0 Å². The molecule has 0 unspecified atom stereocenters. The molecule has 1 aliphatic carbocycles. The standard InChI is InChI=1S/C27H25F3N2O4/c1-15-11-19(36-10-7-17-5-8-31-9-6-17)12-16(2)24(15)25(33)32-23-13-18(20-14-21(20)26(34)35)3-4-22(23)27(28,29)30/h3-6,8-9,11-13,20-21H,7,10,14H2,1-2H3,(H,32,33)(H,34,35)/t20-,21-/m1/s1. The van der Waals surface area contributed by atoms with Crippen LogP contribution < -0.4 is 10.1 Å². The minimum atomic E-state index is -4.69. The number of hydrogen-bond donors (Lipinski definition) is 2. The van der Waals surface area contributed by atoms with Crippen molar-refractivity contribution in [3.63, 3.8) is 0 Å². The summed E-state index contributed by atoms with van der Waals surface area (Å²) in [6, 6.07) is 10.5. The molecule has 2 aromatic carbocycles. The third-order valence-electron chi connectivity index (χ3n) is 6.28. The molecule has 188 valence electrons. The highest BCUT2D eigenvalue weighted by molar-refractivity contribution is 6.07. The highest BCUT2D eigenvalue weighted by Crippen LogP contribution is 2.49. The lowest BCUT2D eigenvalue weighted by atomic mass is 10.00. The van der Waals surface area contributed by atoms with E-state index in [4.69, 9.17) is 9.84 Å². The van der Waals surface area contributed by atoms with Gasteiger partial charge < -0.3 is 15.2 Å². The molecule has 3 aromatic rings. The number of carboxylic acids is 1. The van der Waals surface area contributed by atoms with Crippen LogP contribution in [0.4, 0.5) is 18.9 Å². The van der Waals surface area contributed by atoms with E-state index in [0.717, 1.165) is 11.6 Å². The average Bonchev–Trinajstić information content (AvgIpc) is 3.60. The van der Waals surface area contributed by atoms with Gasteiger partial charge in [-0.2, -0.15) is 13.2 Å². The SMILES string of the molecule is Cc1cc(OCCc2ccncc2)cc(C)c1C(=O)Nc1cc([C@H]2C[C@H]2C(=O)O)ccc1C(F)(F)F. The molecule has 0 bridgehead atoms. The Morgan fingerprint density at radius 2 is 1.75 bits per heavy atom. The molecule has 0 radical (unpaired) electrons. The van der Waals surface area contributed by atoms with Gasteiger partial charge in [0.05, 0.1) is 23.8 Å². The number of carbonyl (C=O) groups excluding carboxylic acids is 1. The minimum Gasteiger partial charge on any atom is -0.493 e. The quantitative estimate of drug-likeness (QED) is 0.411. The lowest BCUT2D eigenvalue weighted by Crippen LogP contribution is -2.19. The van der Waals surface area contributed by atoms with Crippen LogP contribution in [0.25, 0.3) is 0 Å². The Hall–Kier alpha value is -3.88. The van der Waals surface area contributed by atoms with Crippen molar-refractivity contribution < 1.29 is 32.6 Å². The Labute approximate surface area is 206 Å². The van der Waals surface area contributed by atoms with Crippen LogP contribution in [0.5, 0.6) is 5.75 Å². The summed E-state index contributed by atoms with van der Waals surface area (Å²) in [4.78, 5) is 28.3. The van der Waals surface area contributed by atoms with Gasteiger partial charge in [0, 0.05) is 24.4 Å². The van der Waals surface area contributed by atoms with Crippen molar-refractivity contribution in [1.29, 1.82) is 0 Å². The van der Waals surface area contributed by atoms with Gasteiger partial charge in [0.25, 0.3) is 5.91 Å². The number of pyridine rings is 1. The van der Waals surface area contributed by atoms with Crippen molar-refractivity contribution in [2.75, 3.05) is 11.9 Å². The molecular weight excluding hydrogens is 473 g/mol. The molecule has 2 atom stereocenters. The Morgan fingerprint density at radius 1 is 1.08 bits per heavy atom. The van der Waals surface area contributed by atoms with Crippen molar-refractivity contribution in [2.24, 2.45) is 5.92 Å². The summed E-state index contributed by atoms with van der Waals surface area (Å²) in [5.74, 6) is -2.10. The first-order valence-corrected chi connectivity index (χ1v) is 11.4. The van der Waals surface area contributed by atoms with Crippen molar-refractivity contribution in [1.82, 2.24) is 4.98 Å². The predicted molar refractivity (Wildman–Crippen MR) is 127 cm³/mol. The summed E-state index contributed by atoms with van der Waals surface area (Å²) < 4.78 is 46.7. The fourth-order valence-corrected chi connectivity index (χ4v) is 4.37. The Bertz CT molecular complexity index is 1270. The zero-order valence-electron chi connectivity index (χ0n) is 19.7. The van der Waals surface area contributed by atoms with Crippen LogP contribution in [0, 0.1) is 19.8 Å². The monoisotopic (exact) mass is 498 g/mol. The van der Waals surface area contributed by atoms with E-state index in [1.54, 1.807) is 38.4 Å². The van der Waals surface area contributed by atoms with E-state index >= 15 is 0 Å². The van der Waals surface area contributed by atoms with Crippen molar-refractivity contribution in [3.8, 4) is 5.75 Å². The fraction of sp³-hybridized carbons (Fsp3) is 0.296. The number of alkyl halides is 3. The highest BCUT2D eigenvalue weighted by atomic mass is 19.4. The molecule has 9 heteroatoms. The van der Waals surface area contributed by atoms with E-state index in [0.29, 0.717) is 41.9 Å². The number of hydrogen-bond acceptors (Lipinski definition) is 4. The smallest absolute Gasteiger partial charge is 0.418 e.